The number of hydrogen-bond donors (Lipinski definition) is 2. The maximum atomic E-state index is 13.2. The summed E-state index contributed by atoms with van der Waals surface area (Å²) in [6, 6.07) is 12.1. The molecule has 12 nitrogen and oxygen atoms in total. The average Bonchev–Trinajstić information content (AvgIpc) is 2.92. The minimum absolute atomic E-state index is 0.0195. The van der Waals surface area contributed by atoms with Crippen LogP contribution < -0.4 is 25.0 Å². The van der Waals surface area contributed by atoms with Gasteiger partial charge in [0.1, 0.15) is 5.57 Å². The maximum absolute atomic E-state index is 13.2. The molecule has 1 heterocycles. The predicted molar refractivity (Wildman–Crippen MR) is 150 cm³/mol. The molecule has 0 aliphatic carbocycles. The maximum Gasteiger partial charge on any atom is 0.335 e. The van der Waals surface area contributed by atoms with Crippen LogP contribution in [0.2, 0.25) is 5.02 Å². The monoisotopic (exact) mass is 578 g/mol. The predicted octanol–water partition coefficient (Wildman–Crippen LogP) is 4.56. The fraction of sp³-hybridized carbons (Fsp3) is 0.143. The highest BCUT2D eigenvalue weighted by Crippen LogP contribution is 2.37. The van der Waals surface area contributed by atoms with E-state index in [0.717, 1.165) is 17.2 Å². The summed E-state index contributed by atoms with van der Waals surface area (Å²) in [7, 11) is 1.34. The number of halogens is 1. The van der Waals surface area contributed by atoms with E-state index in [0.29, 0.717) is 10.6 Å². The fourth-order valence-corrected chi connectivity index (χ4v) is 4.25. The number of barbiturate groups is 1. The Morgan fingerprint density at radius 1 is 1.12 bits per heavy atom. The van der Waals surface area contributed by atoms with Gasteiger partial charge in [-0.1, -0.05) is 29.8 Å². The number of amides is 5. The van der Waals surface area contributed by atoms with Crippen molar-refractivity contribution in [1.29, 1.82) is 0 Å². The molecule has 0 saturated carbocycles. The molecule has 41 heavy (non-hydrogen) atoms. The van der Waals surface area contributed by atoms with Crippen molar-refractivity contribution in [3.05, 3.63) is 92.0 Å². The lowest BCUT2D eigenvalue weighted by Gasteiger charge is -2.26. The van der Waals surface area contributed by atoms with Crippen LogP contribution in [0.5, 0.6) is 11.5 Å². The van der Waals surface area contributed by atoms with Gasteiger partial charge in [0, 0.05) is 17.8 Å². The van der Waals surface area contributed by atoms with Crippen LogP contribution in [0.1, 0.15) is 16.7 Å². The first kappa shape index (κ1) is 28.8. The molecule has 2 N–H and O–H groups in total. The molecule has 1 saturated heterocycles. The number of nitrogens with one attached hydrogen (secondary N) is 2. The van der Waals surface area contributed by atoms with Gasteiger partial charge in [0.25, 0.3) is 23.4 Å². The second-order valence-corrected chi connectivity index (χ2v) is 9.26. The molecule has 4 rings (SSSR count). The van der Waals surface area contributed by atoms with Crippen molar-refractivity contribution < 1.29 is 33.6 Å². The van der Waals surface area contributed by atoms with E-state index >= 15 is 0 Å². The van der Waals surface area contributed by atoms with Crippen molar-refractivity contribution >= 4 is 58.5 Å². The Morgan fingerprint density at radius 3 is 2.56 bits per heavy atom. The number of ether oxygens (including phenoxy) is 2. The number of nitro groups is 1. The summed E-state index contributed by atoms with van der Waals surface area (Å²) in [5.41, 5.74) is 1.94. The van der Waals surface area contributed by atoms with Gasteiger partial charge in [0.2, 0.25) is 0 Å². The quantitative estimate of drug-likeness (QED) is 0.170. The van der Waals surface area contributed by atoms with Crippen LogP contribution in [0.15, 0.2) is 60.2 Å². The molecular weight excluding hydrogens is 556 g/mol. The van der Waals surface area contributed by atoms with Gasteiger partial charge < -0.3 is 14.8 Å². The Bertz CT molecular complexity index is 1640. The Hall–Kier alpha value is -5.23. The zero-order valence-corrected chi connectivity index (χ0v) is 22.8. The average molecular weight is 579 g/mol. The Labute approximate surface area is 238 Å². The molecule has 1 aliphatic heterocycles. The highest BCUT2D eigenvalue weighted by molar-refractivity contribution is 6.39. The van der Waals surface area contributed by atoms with Crippen LogP contribution in [-0.4, -0.2) is 42.4 Å². The van der Waals surface area contributed by atoms with Gasteiger partial charge >= 0.3 is 6.03 Å². The molecule has 5 amide bonds. The van der Waals surface area contributed by atoms with Crippen LogP contribution >= 0.6 is 11.6 Å². The van der Waals surface area contributed by atoms with Crippen LogP contribution in [0.4, 0.5) is 21.9 Å². The third-order valence-electron chi connectivity index (χ3n) is 6.19. The summed E-state index contributed by atoms with van der Waals surface area (Å²) in [5.74, 6) is -2.24. The Kier molecular flexibility index (Phi) is 8.34. The van der Waals surface area contributed by atoms with E-state index < -0.39 is 34.2 Å². The first-order chi connectivity index (χ1) is 19.5. The third-order valence-corrected chi connectivity index (χ3v) is 6.47. The van der Waals surface area contributed by atoms with Gasteiger partial charge in [0.05, 0.1) is 22.7 Å². The van der Waals surface area contributed by atoms with Gasteiger partial charge in [-0.05, 0) is 60.9 Å². The van der Waals surface area contributed by atoms with E-state index in [1.165, 1.54) is 43.5 Å². The van der Waals surface area contributed by atoms with Crippen LogP contribution in [0.25, 0.3) is 6.08 Å². The first-order valence-corrected chi connectivity index (χ1v) is 12.4. The van der Waals surface area contributed by atoms with Crippen LogP contribution in [0.3, 0.4) is 0 Å². The number of non-ortho nitro benzene ring substituents is 1. The summed E-state index contributed by atoms with van der Waals surface area (Å²) in [6.45, 7) is 3.43. The molecule has 0 radical (unpaired) electrons. The highest BCUT2D eigenvalue weighted by atomic mass is 35.5. The van der Waals surface area contributed by atoms with Gasteiger partial charge in [-0.15, -0.1) is 0 Å². The number of carbonyl (C=O) groups is 4. The minimum atomic E-state index is -1.06. The summed E-state index contributed by atoms with van der Waals surface area (Å²) in [5, 5.41) is 16.0. The second kappa shape index (κ2) is 11.9. The lowest BCUT2D eigenvalue weighted by atomic mass is 10.1. The number of hydrogen-bond acceptors (Lipinski definition) is 8. The zero-order chi connectivity index (χ0) is 29.8. The Balaban J connectivity index is 1.57. The van der Waals surface area contributed by atoms with Gasteiger partial charge in [-0.2, -0.15) is 0 Å². The van der Waals surface area contributed by atoms with Crippen molar-refractivity contribution in [3.63, 3.8) is 0 Å². The van der Waals surface area contributed by atoms with Crippen LogP contribution in [0, 0.1) is 24.0 Å². The normalized spacial score (nSPS) is 14.1. The van der Waals surface area contributed by atoms with Gasteiger partial charge in [0.15, 0.2) is 18.1 Å². The molecule has 3 aromatic carbocycles. The summed E-state index contributed by atoms with van der Waals surface area (Å²) in [6.07, 6.45) is 1.18. The number of aryl methyl sites for hydroxylation is 1. The molecular formula is C28H23ClN4O8. The number of imide groups is 2. The highest BCUT2D eigenvalue weighted by Gasteiger charge is 2.37. The van der Waals surface area contributed by atoms with Crippen molar-refractivity contribution in [2.75, 3.05) is 23.9 Å². The standard InChI is InChI=1S/C28H23ClN4O8/c1-15-6-4-9-22(16(15)2)30-24(34)14-41-25-21(29)11-17(12-23(25)40-3)10-20-26(35)31-28(37)32(27(20)36)18-7-5-8-19(13-18)33(38)39/h4-13H,14H2,1-3H3,(H,30,34)(H,31,35,37)/b20-10-. The number of carbonyl (C=O) groups excluding carboxylic acids is 4. The van der Waals surface area contributed by atoms with Crippen LogP contribution in [-0.2, 0) is 14.4 Å². The number of anilines is 2. The van der Waals surface area contributed by atoms with Crippen molar-refractivity contribution in [2.45, 2.75) is 13.8 Å². The molecule has 210 valence electrons. The van der Waals surface area contributed by atoms with E-state index in [1.807, 2.05) is 31.3 Å². The number of nitro benzene ring substituents is 1. The van der Waals surface area contributed by atoms with Crippen molar-refractivity contribution in [2.24, 2.45) is 0 Å². The van der Waals surface area contributed by atoms with Crippen molar-refractivity contribution in [3.8, 4) is 11.5 Å². The van der Waals surface area contributed by atoms with E-state index in [-0.39, 0.29) is 40.1 Å². The SMILES string of the molecule is COc1cc(/C=C2/C(=O)NC(=O)N(c3cccc([N+](=O)[O-])c3)C2=O)cc(Cl)c1OCC(=O)Nc1cccc(C)c1C. The summed E-state index contributed by atoms with van der Waals surface area (Å²) >= 11 is 6.41. The second-order valence-electron chi connectivity index (χ2n) is 8.85. The van der Waals surface area contributed by atoms with Crippen molar-refractivity contribution in [1.82, 2.24) is 5.32 Å². The first-order valence-electron chi connectivity index (χ1n) is 12.0. The molecule has 13 heteroatoms. The smallest absolute Gasteiger partial charge is 0.335 e. The summed E-state index contributed by atoms with van der Waals surface area (Å²) < 4.78 is 11.0. The topological polar surface area (TPSA) is 157 Å². The number of benzene rings is 3. The van der Waals surface area contributed by atoms with Gasteiger partial charge in [-0.3, -0.25) is 29.8 Å². The number of rotatable bonds is 8. The lowest BCUT2D eigenvalue weighted by molar-refractivity contribution is -0.384. The molecule has 0 aromatic heterocycles. The third kappa shape index (κ3) is 6.17. The van der Waals surface area contributed by atoms with Gasteiger partial charge in [-0.25, -0.2) is 9.69 Å². The van der Waals surface area contributed by atoms with E-state index in [2.05, 4.69) is 5.32 Å². The van der Waals surface area contributed by atoms with E-state index in [9.17, 15) is 29.3 Å². The molecule has 0 spiro atoms. The molecule has 3 aromatic rings. The molecule has 1 aliphatic rings. The van der Waals surface area contributed by atoms with E-state index in [1.54, 1.807) is 6.07 Å². The minimum Gasteiger partial charge on any atom is -0.493 e. The fourth-order valence-electron chi connectivity index (χ4n) is 3.98. The number of nitrogens with zero attached hydrogens (tertiary/aromatic N) is 2. The largest absolute Gasteiger partial charge is 0.493 e. The molecule has 0 bridgehead atoms. The number of methoxy groups -OCH3 is 1. The van der Waals surface area contributed by atoms with E-state index in [4.69, 9.17) is 21.1 Å². The molecule has 0 atom stereocenters. The zero-order valence-electron chi connectivity index (χ0n) is 22.0. The molecule has 0 unspecified atom stereocenters. The summed E-state index contributed by atoms with van der Waals surface area (Å²) in [4.78, 5) is 61.8. The lowest BCUT2D eigenvalue weighted by Crippen LogP contribution is -2.54. The molecule has 1 fully saturated rings. The Morgan fingerprint density at radius 2 is 1.85 bits per heavy atom. The number of urea groups is 1.